The number of imidazole rings is 1. The van der Waals surface area contributed by atoms with Crippen LogP contribution in [-0.4, -0.2) is 17.1 Å². The van der Waals surface area contributed by atoms with Gasteiger partial charge in [-0.25, -0.2) is 4.98 Å². The van der Waals surface area contributed by atoms with Crippen LogP contribution in [0.3, 0.4) is 0 Å². The number of allylic oxidation sites excluding steroid dienone is 1. The molecule has 0 amide bonds. The van der Waals surface area contributed by atoms with E-state index in [4.69, 9.17) is 9.47 Å². The molecule has 1 atom stereocenters. The summed E-state index contributed by atoms with van der Waals surface area (Å²) in [6, 6.07) is 13.9. The first-order valence-corrected chi connectivity index (χ1v) is 7.60. The zero-order chi connectivity index (χ0) is 16.2. The van der Waals surface area contributed by atoms with Gasteiger partial charge in [0.2, 0.25) is 0 Å². The second-order valence-corrected chi connectivity index (χ2v) is 5.38. The maximum Gasteiger partial charge on any atom is 0.162 e. The summed E-state index contributed by atoms with van der Waals surface area (Å²) >= 11 is 0. The van der Waals surface area contributed by atoms with Crippen LogP contribution in [0, 0.1) is 0 Å². The molecule has 4 heteroatoms. The zero-order valence-corrected chi connectivity index (χ0v) is 13.4. The van der Waals surface area contributed by atoms with Crippen LogP contribution in [0.1, 0.15) is 24.4 Å². The molecule has 0 saturated heterocycles. The maximum absolute atomic E-state index is 6.09. The molecule has 0 aliphatic heterocycles. The predicted octanol–water partition coefficient (Wildman–Crippen LogP) is 4.44. The van der Waals surface area contributed by atoms with Crippen LogP contribution >= 0.6 is 0 Å². The van der Waals surface area contributed by atoms with Crippen molar-refractivity contribution in [1.82, 2.24) is 9.97 Å². The molecule has 0 aliphatic carbocycles. The molecule has 23 heavy (non-hydrogen) atoms. The molecule has 1 unspecified atom stereocenters. The molecule has 0 saturated carbocycles. The minimum absolute atomic E-state index is 0.213. The molecule has 0 spiro atoms. The molecule has 0 aliphatic rings. The van der Waals surface area contributed by atoms with E-state index < -0.39 is 0 Å². The summed E-state index contributed by atoms with van der Waals surface area (Å²) in [7, 11) is 1.64. The van der Waals surface area contributed by atoms with Crippen molar-refractivity contribution in [3.05, 3.63) is 66.5 Å². The molecule has 3 aromatic rings. The number of H-pyrrole nitrogens is 1. The second-order valence-electron chi connectivity index (χ2n) is 5.38. The molecule has 4 nitrogen and oxygen atoms in total. The van der Waals surface area contributed by atoms with Crippen LogP contribution in [0.2, 0.25) is 0 Å². The number of hydrogen-bond donors (Lipinski definition) is 1. The van der Waals surface area contributed by atoms with E-state index in [1.165, 1.54) is 0 Å². The molecule has 0 radical (unpaired) electrons. The van der Waals surface area contributed by atoms with Gasteiger partial charge in [0.15, 0.2) is 17.6 Å². The highest BCUT2D eigenvalue weighted by molar-refractivity contribution is 5.74. The first-order chi connectivity index (χ1) is 11.2. The van der Waals surface area contributed by atoms with Gasteiger partial charge in [-0.05, 0) is 43.2 Å². The molecule has 2 aromatic carbocycles. The van der Waals surface area contributed by atoms with E-state index in [-0.39, 0.29) is 6.10 Å². The van der Waals surface area contributed by atoms with Crippen molar-refractivity contribution >= 4 is 11.0 Å². The third kappa shape index (κ3) is 3.21. The Labute approximate surface area is 135 Å². The Balaban J connectivity index is 1.87. The first kappa shape index (κ1) is 15.2. The smallest absolute Gasteiger partial charge is 0.162 e. The van der Waals surface area contributed by atoms with E-state index in [1.807, 2.05) is 55.5 Å². The lowest BCUT2D eigenvalue weighted by Gasteiger charge is -2.16. The molecular formula is C19H20N2O2. The van der Waals surface area contributed by atoms with Gasteiger partial charge in [-0.15, -0.1) is 6.58 Å². The number of aromatic nitrogens is 2. The van der Waals surface area contributed by atoms with Crippen LogP contribution in [0.15, 0.2) is 55.1 Å². The lowest BCUT2D eigenvalue weighted by Crippen LogP contribution is -2.06. The van der Waals surface area contributed by atoms with Crippen molar-refractivity contribution < 1.29 is 9.47 Å². The third-order valence-electron chi connectivity index (χ3n) is 3.70. The molecule has 1 N–H and O–H groups in total. The fraction of sp³-hybridized carbons (Fsp3) is 0.211. The van der Waals surface area contributed by atoms with Gasteiger partial charge in [0.25, 0.3) is 0 Å². The van der Waals surface area contributed by atoms with Gasteiger partial charge in [-0.1, -0.05) is 24.3 Å². The summed E-state index contributed by atoms with van der Waals surface area (Å²) in [6.45, 7) is 5.74. The molecule has 3 rings (SSSR count). The van der Waals surface area contributed by atoms with Crippen molar-refractivity contribution in [1.29, 1.82) is 0 Å². The zero-order valence-electron chi connectivity index (χ0n) is 13.4. The Bertz CT molecular complexity index is 790. The average Bonchev–Trinajstić information content (AvgIpc) is 3.00. The minimum atomic E-state index is -0.213. The van der Waals surface area contributed by atoms with Crippen LogP contribution in [0.4, 0.5) is 0 Å². The Morgan fingerprint density at radius 1 is 1.22 bits per heavy atom. The van der Waals surface area contributed by atoms with E-state index >= 15 is 0 Å². The summed E-state index contributed by atoms with van der Waals surface area (Å²) < 4.78 is 11.5. The number of para-hydroxylation sites is 2. The van der Waals surface area contributed by atoms with E-state index in [0.717, 1.165) is 28.8 Å². The van der Waals surface area contributed by atoms with Crippen molar-refractivity contribution in [2.24, 2.45) is 0 Å². The molecule has 0 bridgehead atoms. The fourth-order valence-corrected chi connectivity index (χ4v) is 2.52. The number of methoxy groups -OCH3 is 1. The van der Waals surface area contributed by atoms with E-state index in [2.05, 4.69) is 16.5 Å². The van der Waals surface area contributed by atoms with Crippen molar-refractivity contribution in [3.63, 3.8) is 0 Å². The highest BCUT2D eigenvalue weighted by atomic mass is 16.5. The number of nitrogens with one attached hydrogen (secondary N) is 1. The summed E-state index contributed by atoms with van der Waals surface area (Å²) in [4.78, 5) is 7.89. The topological polar surface area (TPSA) is 47.1 Å². The van der Waals surface area contributed by atoms with Crippen molar-refractivity contribution in [2.75, 3.05) is 7.11 Å². The highest BCUT2D eigenvalue weighted by Crippen LogP contribution is 2.32. The van der Waals surface area contributed by atoms with Gasteiger partial charge in [0, 0.05) is 0 Å². The molecule has 1 heterocycles. The Morgan fingerprint density at radius 3 is 2.78 bits per heavy atom. The van der Waals surface area contributed by atoms with Crippen LogP contribution in [0.5, 0.6) is 11.5 Å². The lowest BCUT2D eigenvalue weighted by atomic mass is 10.1. The number of benzene rings is 2. The third-order valence-corrected chi connectivity index (χ3v) is 3.70. The Hall–Kier alpha value is -2.75. The van der Waals surface area contributed by atoms with Crippen LogP contribution < -0.4 is 9.47 Å². The standard InChI is InChI=1S/C19H20N2O2/c1-4-7-14-10-11-17(22-3)18(12-14)23-13(2)19-20-15-8-5-6-9-16(15)21-19/h4-6,8-13H,1,7H2,2-3H3,(H,20,21). The SMILES string of the molecule is C=CCc1ccc(OC)c(OC(C)c2nc3ccccc3[nH]2)c1. The fourth-order valence-electron chi connectivity index (χ4n) is 2.52. The lowest BCUT2D eigenvalue weighted by molar-refractivity contribution is 0.207. The van der Waals surface area contributed by atoms with Gasteiger partial charge < -0.3 is 14.5 Å². The normalized spacial score (nSPS) is 12.1. The summed E-state index contributed by atoms with van der Waals surface area (Å²) in [5.74, 6) is 2.21. The average molecular weight is 308 g/mol. The second kappa shape index (κ2) is 6.57. The van der Waals surface area contributed by atoms with E-state index in [9.17, 15) is 0 Å². The van der Waals surface area contributed by atoms with E-state index in [0.29, 0.717) is 11.5 Å². The van der Waals surface area contributed by atoms with E-state index in [1.54, 1.807) is 7.11 Å². The first-order valence-electron chi connectivity index (χ1n) is 7.60. The Kier molecular flexibility index (Phi) is 4.33. The predicted molar refractivity (Wildman–Crippen MR) is 92.0 cm³/mol. The molecule has 0 fully saturated rings. The number of ether oxygens (including phenoxy) is 2. The summed E-state index contributed by atoms with van der Waals surface area (Å²) in [5, 5.41) is 0. The largest absolute Gasteiger partial charge is 0.493 e. The van der Waals surface area contributed by atoms with Gasteiger partial charge in [0.1, 0.15) is 5.82 Å². The number of hydrogen-bond acceptors (Lipinski definition) is 3. The number of fused-ring (bicyclic) bond motifs is 1. The highest BCUT2D eigenvalue weighted by Gasteiger charge is 2.15. The molecule has 1 aromatic heterocycles. The van der Waals surface area contributed by atoms with Gasteiger partial charge >= 0.3 is 0 Å². The van der Waals surface area contributed by atoms with Crippen LogP contribution in [0.25, 0.3) is 11.0 Å². The quantitative estimate of drug-likeness (QED) is 0.685. The van der Waals surface area contributed by atoms with Crippen LogP contribution in [-0.2, 0) is 6.42 Å². The van der Waals surface area contributed by atoms with Gasteiger partial charge in [0.05, 0.1) is 18.1 Å². The van der Waals surface area contributed by atoms with Gasteiger partial charge in [-0.3, -0.25) is 0 Å². The number of aromatic amines is 1. The number of rotatable bonds is 6. The van der Waals surface area contributed by atoms with Crippen molar-refractivity contribution in [3.8, 4) is 11.5 Å². The van der Waals surface area contributed by atoms with Gasteiger partial charge in [-0.2, -0.15) is 0 Å². The molecule has 118 valence electrons. The minimum Gasteiger partial charge on any atom is -0.493 e. The Morgan fingerprint density at radius 2 is 2.04 bits per heavy atom. The summed E-state index contributed by atoms with van der Waals surface area (Å²) in [5.41, 5.74) is 3.07. The maximum atomic E-state index is 6.09. The monoisotopic (exact) mass is 308 g/mol. The molecular weight excluding hydrogens is 288 g/mol. The summed E-state index contributed by atoms with van der Waals surface area (Å²) in [6.07, 6.45) is 2.45. The number of nitrogens with zero attached hydrogens (tertiary/aromatic N) is 1. The van der Waals surface area contributed by atoms with Crippen molar-refractivity contribution in [2.45, 2.75) is 19.4 Å².